The monoisotopic (exact) mass is 572 g/mol. The van der Waals surface area contributed by atoms with E-state index < -0.39 is 0 Å². The lowest BCUT2D eigenvalue weighted by molar-refractivity contribution is -0.133. The fraction of sp³-hybridized carbons (Fsp3) is 0.387. The first-order chi connectivity index (χ1) is 20.4. The van der Waals surface area contributed by atoms with Crippen LogP contribution in [-0.2, 0) is 21.5 Å². The van der Waals surface area contributed by atoms with Crippen LogP contribution in [0.3, 0.4) is 0 Å². The minimum absolute atomic E-state index is 0.0492. The number of benzene rings is 1. The molecule has 0 unspecified atom stereocenters. The van der Waals surface area contributed by atoms with Crippen LogP contribution in [0.1, 0.15) is 43.0 Å². The molecular formula is C31H36N6O5. The van der Waals surface area contributed by atoms with Gasteiger partial charge in [-0.3, -0.25) is 14.6 Å². The van der Waals surface area contributed by atoms with E-state index in [0.29, 0.717) is 49.9 Å². The molecule has 11 nitrogen and oxygen atoms in total. The molecule has 0 radical (unpaired) electrons. The third-order valence-corrected chi connectivity index (χ3v) is 7.82. The topological polar surface area (TPSA) is 155 Å². The second-order valence-electron chi connectivity index (χ2n) is 10.1. The fourth-order valence-electron chi connectivity index (χ4n) is 5.91. The largest absolute Gasteiger partial charge is 0.495 e. The summed E-state index contributed by atoms with van der Waals surface area (Å²) in [6.07, 6.45) is 3.67. The highest BCUT2D eigenvalue weighted by Crippen LogP contribution is 2.44. The summed E-state index contributed by atoms with van der Waals surface area (Å²) in [5.74, 6) is 1.18. The molecule has 0 saturated carbocycles. The lowest BCUT2D eigenvalue weighted by atomic mass is 9.69. The van der Waals surface area contributed by atoms with Gasteiger partial charge in [-0.2, -0.15) is 5.26 Å². The van der Waals surface area contributed by atoms with Gasteiger partial charge in [0.05, 0.1) is 42.9 Å². The van der Waals surface area contributed by atoms with E-state index in [-0.39, 0.29) is 17.8 Å². The molecule has 2 aliphatic heterocycles. The number of fused-ring (bicyclic) bond motifs is 2. The van der Waals surface area contributed by atoms with Gasteiger partial charge >= 0.3 is 0 Å². The number of carbonyl (C=O) groups is 2. The number of piperidine rings is 1. The molecule has 1 fully saturated rings. The molecule has 5 rings (SSSR count). The van der Waals surface area contributed by atoms with Crippen LogP contribution in [0.5, 0.6) is 11.6 Å². The van der Waals surface area contributed by atoms with Crippen LogP contribution in [0.15, 0.2) is 48.7 Å². The Balaban J connectivity index is 0.00000129. The number of carboxylic acid groups (broad SMARTS) is 1. The van der Waals surface area contributed by atoms with Gasteiger partial charge in [0.25, 0.3) is 6.47 Å². The number of carbonyl (C=O) groups excluding carboxylic acids is 1. The maximum absolute atomic E-state index is 13.1. The number of rotatable bonds is 7. The number of ether oxygens (including phenoxy) is 2. The fourth-order valence-corrected chi connectivity index (χ4v) is 5.91. The second-order valence-corrected chi connectivity index (χ2v) is 10.1. The maximum atomic E-state index is 13.1. The van der Waals surface area contributed by atoms with Crippen LogP contribution in [-0.4, -0.2) is 72.2 Å². The van der Waals surface area contributed by atoms with Crippen molar-refractivity contribution in [1.29, 1.82) is 5.26 Å². The zero-order chi connectivity index (χ0) is 30.1. The molecule has 3 aromatic rings. The summed E-state index contributed by atoms with van der Waals surface area (Å²) in [4.78, 5) is 35.1. The van der Waals surface area contributed by atoms with Crippen LogP contribution >= 0.6 is 0 Å². The number of methoxy groups -OCH3 is 1. The summed E-state index contributed by atoms with van der Waals surface area (Å²) >= 11 is 0. The van der Waals surface area contributed by atoms with Crippen LogP contribution in [0.4, 0.5) is 5.69 Å². The quantitative estimate of drug-likeness (QED) is 0.403. The third kappa shape index (κ3) is 6.14. The molecule has 1 amide bonds. The Morgan fingerprint density at radius 2 is 1.98 bits per heavy atom. The van der Waals surface area contributed by atoms with E-state index in [1.807, 2.05) is 48.2 Å². The van der Waals surface area contributed by atoms with Crippen molar-refractivity contribution in [2.45, 2.75) is 38.1 Å². The van der Waals surface area contributed by atoms with Crippen LogP contribution in [0, 0.1) is 11.3 Å². The van der Waals surface area contributed by atoms with Gasteiger partial charge in [0.15, 0.2) is 0 Å². The van der Waals surface area contributed by atoms with Crippen molar-refractivity contribution in [2.24, 2.45) is 5.73 Å². The molecule has 220 valence electrons. The average Bonchev–Trinajstić information content (AvgIpc) is 3.01. The summed E-state index contributed by atoms with van der Waals surface area (Å²) in [5, 5.41) is 16.7. The molecule has 42 heavy (non-hydrogen) atoms. The molecule has 11 heteroatoms. The van der Waals surface area contributed by atoms with E-state index in [1.54, 1.807) is 13.3 Å². The Hall–Kier alpha value is -4.69. The van der Waals surface area contributed by atoms with Gasteiger partial charge in [0.2, 0.25) is 11.8 Å². The first-order valence-electron chi connectivity index (χ1n) is 13.9. The first kappa shape index (κ1) is 30.3. The Morgan fingerprint density at radius 3 is 2.64 bits per heavy atom. The predicted molar refractivity (Wildman–Crippen MR) is 157 cm³/mol. The molecule has 0 aliphatic carbocycles. The number of anilines is 1. The Labute approximate surface area is 245 Å². The number of nitrogens with two attached hydrogens (primary N) is 1. The highest BCUT2D eigenvalue weighted by atomic mass is 16.5. The molecule has 4 heterocycles. The maximum Gasteiger partial charge on any atom is 0.290 e. The van der Waals surface area contributed by atoms with E-state index in [4.69, 9.17) is 30.1 Å². The Kier molecular flexibility index (Phi) is 9.93. The molecule has 3 N–H and O–H groups in total. The number of hydrogen-bond donors (Lipinski definition) is 2. The summed E-state index contributed by atoms with van der Waals surface area (Å²) in [6, 6.07) is 16.1. The van der Waals surface area contributed by atoms with Crippen molar-refractivity contribution in [3.05, 3.63) is 65.5 Å². The van der Waals surface area contributed by atoms with E-state index in [0.717, 1.165) is 48.6 Å². The summed E-state index contributed by atoms with van der Waals surface area (Å²) in [5.41, 5.74) is 10.7. The molecule has 2 aliphatic rings. The SMILES string of the molecule is CCOc1ncccc1-c1ccc2c(n1)CN(C(=O)CCN)CC21CCN(c2cccc(OC)c2C#N)CC1.O=CO. The number of nitriles is 1. The number of pyridine rings is 2. The molecule has 1 aromatic carbocycles. The second kappa shape index (κ2) is 13.8. The van der Waals surface area contributed by atoms with Crippen molar-refractivity contribution in [2.75, 3.05) is 44.8 Å². The lowest BCUT2D eigenvalue weighted by Crippen LogP contribution is -2.53. The zero-order valence-electron chi connectivity index (χ0n) is 24.0. The van der Waals surface area contributed by atoms with Crippen LogP contribution in [0.2, 0.25) is 0 Å². The van der Waals surface area contributed by atoms with Crippen molar-refractivity contribution < 1.29 is 24.2 Å². The minimum Gasteiger partial charge on any atom is -0.495 e. The highest BCUT2D eigenvalue weighted by molar-refractivity contribution is 5.77. The van der Waals surface area contributed by atoms with Crippen molar-refractivity contribution in [1.82, 2.24) is 14.9 Å². The third-order valence-electron chi connectivity index (χ3n) is 7.82. The van der Waals surface area contributed by atoms with Gasteiger partial charge in [-0.25, -0.2) is 4.98 Å². The molecule has 1 saturated heterocycles. The van der Waals surface area contributed by atoms with Gasteiger partial charge in [-0.05, 0) is 55.7 Å². The Morgan fingerprint density at radius 1 is 1.21 bits per heavy atom. The molecule has 2 aromatic heterocycles. The zero-order valence-corrected chi connectivity index (χ0v) is 24.0. The van der Waals surface area contributed by atoms with Crippen LogP contribution in [0.25, 0.3) is 11.3 Å². The van der Waals surface area contributed by atoms with Crippen molar-refractivity contribution in [3.8, 4) is 29.0 Å². The molecule has 0 atom stereocenters. The van der Waals surface area contributed by atoms with E-state index in [9.17, 15) is 10.1 Å². The number of amides is 1. The summed E-state index contributed by atoms with van der Waals surface area (Å²) < 4.78 is 11.2. The molecular weight excluding hydrogens is 536 g/mol. The minimum atomic E-state index is -0.250. The predicted octanol–water partition coefficient (Wildman–Crippen LogP) is 3.35. The van der Waals surface area contributed by atoms with Crippen LogP contribution < -0.4 is 20.1 Å². The standard InChI is InChI=1S/C30H34N6O3.CH2O2/c1-3-39-29-21(6-5-15-33-29)24-10-9-23-25(34-24)19-36(28(37)11-14-31)20-30(23)12-16-35(17-13-30)26-7-4-8-27(38-2)22(26)18-32;2-1-3/h4-10,15H,3,11-14,16-17,19-20,31H2,1-2H3;1H,(H,2,3). The number of nitrogens with zero attached hydrogens (tertiary/aromatic N) is 5. The smallest absolute Gasteiger partial charge is 0.290 e. The lowest BCUT2D eigenvalue weighted by Gasteiger charge is -2.49. The molecule has 1 spiro atoms. The summed E-state index contributed by atoms with van der Waals surface area (Å²) in [7, 11) is 1.58. The van der Waals surface area contributed by atoms with E-state index in [2.05, 4.69) is 22.0 Å². The normalized spacial score (nSPS) is 15.1. The average molecular weight is 573 g/mol. The van der Waals surface area contributed by atoms with Gasteiger partial charge in [0, 0.05) is 44.2 Å². The van der Waals surface area contributed by atoms with Gasteiger partial charge in [-0.15, -0.1) is 0 Å². The van der Waals surface area contributed by atoms with Crippen molar-refractivity contribution >= 4 is 18.1 Å². The van der Waals surface area contributed by atoms with E-state index >= 15 is 0 Å². The van der Waals surface area contributed by atoms with Gasteiger partial charge in [0.1, 0.15) is 17.4 Å². The van der Waals surface area contributed by atoms with Gasteiger partial charge in [-0.1, -0.05) is 12.1 Å². The Bertz CT molecular complexity index is 1450. The number of aromatic nitrogens is 2. The van der Waals surface area contributed by atoms with Gasteiger partial charge < -0.3 is 30.1 Å². The van der Waals surface area contributed by atoms with E-state index in [1.165, 1.54) is 5.56 Å². The molecule has 0 bridgehead atoms. The first-order valence-corrected chi connectivity index (χ1v) is 13.9. The number of hydrogen-bond acceptors (Lipinski definition) is 9. The van der Waals surface area contributed by atoms with Crippen molar-refractivity contribution in [3.63, 3.8) is 0 Å². The summed E-state index contributed by atoms with van der Waals surface area (Å²) in [6.45, 7) is 5.09. The highest BCUT2D eigenvalue weighted by Gasteiger charge is 2.44.